The van der Waals surface area contributed by atoms with Crippen LogP contribution in [0.25, 0.3) is 11.1 Å². The van der Waals surface area contributed by atoms with Crippen molar-refractivity contribution in [2.45, 2.75) is 31.4 Å². The summed E-state index contributed by atoms with van der Waals surface area (Å²) >= 11 is 0.987. The molecule has 6 nitrogen and oxygen atoms in total. The predicted octanol–water partition coefficient (Wildman–Crippen LogP) is 7.97. The van der Waals surface area contributed by atoms with Crippen molar-refractivity contribution in [2.24, 2.45) is 0 Å². The Kier molecular flexibility index (Phi) is 9.04. The van der Waals surface area contributed by atoms with Crippen LogP contribution in [0, 0.1) is 0 Å². The van der Waals surface area contributed by atoms with Crippen molar-refractivity contribution in [1.82, 2.24) is 5.32 Å². The molecule has 4 aromatic rings. The van der Waals surface area contributed by atoms with Gasteiger partial charge in [0.1, 0.15) is 28.2 Å². The summed E-state index contributed by atoms with van der Waals surface area (Å²) in [4.78, 5) is 23.4. The van der Waals surface area contributed by atoms with Gasteiger partial charge in [0.2, 0.25) is 5.91 Å². The van der Waals surface area contributed by atoms with Crippen molar-refractivity contribution in [2.75, 3.05) is 13.2 Å². The van der Waals surface area contributed by atoms with Crippen LogP contribution in [0.1, 0.15) is 36.1 Å². The fraction of sp³-hybridized carbons (Fsp3) is 0.212. The van der Waals surface area contributed by atoms with E-state index >= 15 is 0 Å². The van der Waals surface area contributed by atoms with E-state index in [1.54, 1.807) is 0 Å². The number of benzene rings is 4. The van der Waals surface area contributed by atoms with Crippen LogP contribution in [-0.2, 0) is 11.2 Å². The summed E-state index contributed by atoms with van der Waals surface area (Å²) in [5, 5.41) is 1.46. The Morgan fingerprint density at radius 2 is 1.50 bits per heavy atom. The molecular formula is C33H31NO5S. The minimum Gasteiger partial charge on any atom is -0.493 e. The van der Waals surface area contributed by atoms with Gasteiger partial charge in [0.15, 0.2) is 0 Å². The SMILES string of the molecule is CCCc1cc(Oc2ccc(-c3ccccc3)cc2)ccc1OCCCOc1cccc([C@@H]2SC(=O)NC2=O)c1. The quantitative estimate of drug-likeness (QED) is 0.179. The molecule has 0 aromatic heterocycles. The highest BCUT2D eigenvalue weighted by Crippen LogP contribution is 2.35. The second-order valence-electron chi connectivity index (χ2n) is 9.41. The number of nitrogens with one attached hydrogen (secondary N) is 1. The molecule has 0 saturated carbocycles. The molecule has 4 aromatic carbocycles. The van der Waals surface area contributed by atoms with Crippen LogP contribution in [0.15, 0.2) is 97.1 Å². The topological polar surface area (TPSA) is 73.9 Å². The molecule has 1 atom stereocenters. The van der Waals surface area contributed by atoms with Crippen LogP contribution in [0.4, 0.5) is 4.79 Å². The molecule has 0 spiro atoms. The summed E-state index contributed by atoms with van der Waals surface area (Å²) in [5.41, 5.74) is 4.18. The second-order valence-corrected chi connectivity index (χ2v) is 10.5. The van der Waals surface area contributed by atoms with Gasteiger partial charge in [0.25, 0.3) is 5.24 Å². The van der Waals surface area contributed by atoms with Gasteiger partial charge in [-0.25, -0.2) is 0 Å². The first-order valence-corrected chi connectivity index (χ1v) is 14.3. The Bertz CT molecular complexity index is 1460. The zero-order valence-corrected chi connectivity index (χ0v) is 23.1. The van der Waals surface area contributed by atoms with Gasteiger partial charge in [-0.15, -0.1) is 0 Å². The zero-order chi connectivity index (χ0) is 27.7. The van der Waals surface area contributed by atoms with Crippen LogP contribution in [-0.4, -0.2) is 24.4 Å². The van der Waals surface area contributed by atoms with Gasteiger partial charge in [-0.2, -0.15) is 0 Å². The summed E-state index contributed by atoms with van der Waals surface area (Å²) < 4.78 is 18.1. The van der Waals surface area contributed by atoms with E-state index in [9.17, 15) is 9.59 Å². The van der Waals surface area contributed by atoms with E-state index in [-0.39, 0.29) is 11.1 Å². The standard InChI is InChI=1S/C33H31NO5S/c1-2-8-25-21-29(39-27-15-13-24(14-16-27)23-9-4-3-5-10-23)17-18-30(25)38-20-7-19-37-28-12-6-11-26(22-28)31-32(35)34-33(36)40-31/h3-6,9-18,21-22,31H,2,7-8,19-20H2,1H3,(H,34,35,36)/t31-/m0/s1. The van der Waals surface area contributed by atoms with Crippen molar-refractivity contribution < 1.29 is 23.8 Å². The molecule has 0 unspecified atom stereocenters. The first kappa shape index (κ1) is 27.3. The van der Waals surface area contributed by atoms with Gasteiger partial charge in [-0.3, -0.25) is 14.9 Å². The predicted molar refractivity (Wildman–Crippen MR) is 158 cm³/mol. The number of aryl methyl sites for hydroxylation is 1. The molecule has 0 bridgehead atoms. The maximum Gasteiger partial charge on any atom is 0.286 e. The summed E-state index contributed by atoms with van der Waals surface area (Å²) in [6.45, 7) is 3.12. The lowest BCUT2D eigenvalue weighted by Gasteiger charge is -2.14. The lowest BCUT2D eigenvalue weighted by molar-refractivity contribution is -0.119. The number of imide groups is 1. The van der Waals surface area contributed by atoms with E-state index in [4.69, 9.17) is 14.2 Å². The highest BCUT2D eigenvalue weighted by atomic mass is 32.2. The molecule has 2 amide bonds. The normalized spacial score (nSPS) is 14.6. The number of amides is 2. The monoisotopic (exact) mass is 553 g/mol. The van der Waals surface area contributed by atoms with E-state index in [1.807, 2.05) is 72.8 Å². The van der Waals surface area contributed by atoms with E-state index in [0.29, 0.717) is 25.4 Å². The van der Waals surface area contributed by atoms with E-state index in [2.05, 4.69) is 36.5 Å². The van der Waals surface area contributed by atoms with Crippen molar-refractivity contribution in [3.63, 3.8) is 0 Å². The number of carbonyl (C=O) groups excluding carboxylic acids is 2. The third-order valence-electron chi connectivity index (χ3n) is 6.41. The molecule has 204 valence electrons. The summed E-state index contributed by atoms with van der Waals surface area (Å²) in [6, 6.07) is 31.6. The van der Waals surface area contributed by atoms with Crippen LogP contribution in [0.3, 0.4) is 0 Å². The highest BCUT2D eigenvalue weighted by Gasteiger charge is 2.33. The second kappa shape index (κ2) is 13.2. The lowest BCUT2D eigenvalue weighted by Crippen LogP contribution is -2.20. The molecule has 1 aliphatic rings. The Labute approximate surface area is 238 Å². The fourth-order valence-electron chi connectivity index (χ4n) is 4.48. The fourth-order valence-corrected chi connectivity index (χ4v) is 5.30. The largest absolute Gasteiger partial charge is 0.493 e. The molecule has 1 aliphatic heterocycles. The Hall–Kier alpha value is -4.23. The molecular weight excluding hydrogens is 522 g/mol. The maximum absolute atomic E-state index is 12.0. The van der Waals surface area contributed by atoms with Crippen molar-refractivity contribution >= 4 is 22.9 Å². The van der Waals surface area contributed by atoms with E-state index in [1.165, 1.54) is 5.56 Å². The van der Waals surface area contributed by atoms with Gasteiger partial charge in [0, 0.05) is 6.42 Å². The Morgan fingerprint density at radius 3 is 2.25 bits per heavy atom. The maximum atomic E-state index is 12.0. The molecule has 1 saturated heterocycles. The number of hydrogen-bond acceptors (Lipinski definition) is 6. The van der Waals surface area contributed by atoms with Gasteiger partial charge in [-0.05, 0) is 82.9 Å². The minimum absolute atomic E-state index is 0.291. The molecule has 0 aliphatic carbocycles. The molecule has 40 heavy (non-hydrogen) atoms. The first-order chi connectivity index (χ1) is 19.6. The van der Waals surface area contributed by atoms with Crippen molar-refractivity contribution in [3.05, 3.63) is 108 Å². The smallest absolute Gasteiger partial charge is 0.286 e. The zero-order valence-electron chi connectivity index (χ0n) is 22.3. The molecule has 1 N–H and O–H groups in total. The summed E-state index contributed by atoms with van der Waals surface area (Å²) in [7, 11) is 0. The van der Waals surface area contributed by atoms with Gasteiger partial charge >= 0.3 is 0 Å². The third-order valence-corrected chi connectivity index (χ3v) is 7.45. The van der Waals surface area contributed by atoms with Crippen LogP contribution in [0.2, 0.25) is 0 Å². The first-order valence-electron chi connectivity index (χ1n) is 13.4. The lowest BCUT2D eigenvalue weighted by atomic mass is 10.1. The number of thioether (sulfide) groups is 1. The summed E-state index contributed by atoms with van der Waals surface area (Å²) in [5.74, 6) is 2.79. The third kappa shape index (κ3) is 7.04. The molecule has 0 radical (unpaired) electrons. The molecule has 1 heterocycles. The van der Waals surface area contributed by atoms with Crippen molar-refractivity contribution in [1.29, 1.82) is 0 Å². The van der Waals surface area contributed by atoms with Gasteiger partial charge < -0.3 is 14.2 Å². The molecule has 1 fully saturated rings. The Morgan fingerprint density at radius 1 is 0.750 bits per heavy atom. The number of ether oxygens (including phenoxy) is 3. The number of hydrogen-bond donors (Lipinski definition) is 1. The number of rotatable bonds is 12. The highest BCUT2D eigenvalue weighted by molar-refractivity contribution is 8.15. The van der Waals surface area contributed by atoms with Crippen LogP contribution in [0.5, 0.6) is 23.0 Å². The summed E-state index contributed by atoms with van der Waals surface area (Å²) in [6.07, 6.45) is 2.57. The number of carbonyl (C=O) groups is 2. The minimum atomic E-state index is -0.531. The average Bonchev–Trinajstić information content (AvgIpc) is 3.32. The molecule has 5 rings (SSSR count). The van der Waals surface area contributed by atoms with E-state index in [0.717, 1.165) is 58.5 Å². The van der Waals surface area contributed by atoms with Gasteiger partial charge in [-0.1, -0.05) is 67.9 Å². The van der Waals surface area contributed by atoms with Gasteiger partial charge in [0.05, 0.1) is 13.2 Å². The van der Waals surface area contributed by atoms with Crippen LogP contribution < -0.4 is 19.5 Å². The average molecular weight is 554 g/mol. The molecule has 7 heteroatoms. The van der Waals surface area contributed by atoms with E-state index < -0.39 is 5.25 Å². The van der Waals surface area contributed by atoms with Crippen molar-refractivity contribution in [3.8, 4) is 34.1 Å². The van der Waals surface area contributed by atoms with Crippen LogP contribution >= 0.6 is 11.8 Å². The Balaban J connectivity index is 1.13.